The Morgan fingerprint density at radius 3 is 2.41 bits per heavy atom. The molecule has 1 amide bonds. The summed E-state index contributed by atoms with van der Waals surface area (Å²) in [4.78, 5) is 28.1. The van der Waals surface area contributed by atoms with Crippen LogP contribution in [0.5, 0.6) is 0 Å². The highest BCUT2D eigenvalue weighted by Crippen LogP contribution is 2.17. The van der Waals surface area contributed by atoms with Crippen molar-refractivity contribution in [1.82, 2.24) is 9.80 Å². The number of carbonyl (C=O) groups excluding carboxylic acids is 2. The van der Waals surface area contributed by atoms with E-state index < -0.39 is 0 Å². The van der Waals surface area contributed by atoms with Gasteiger partial charge in [-0.3, -0.25) is 14.5 Å². The molecule has 0 N–H and O–H groups in total. The van der Waals surface area contributed by atoms with E-state index in [-0.39, 0.29) is 17.9 Å². The average molecular weight is 302 g/mol. The van der Waals surface area contributed by atoms with E-state index in [2.05, 4.69) is 11.8 Å². The van der Waals surface area contributed by atoms with E-state index >= 15 is 0 Å². The molecule has 2 fully saturated rings. The molecule has 3 rings (SSSR count). The number of nitrogens with zero attached hydrogens (tertiary/aromatic N) is 2. The number of amides is 1. The third kappa shape index (κ3) is 2.99. The molecule has 118 valence electrons. The monoisotopic (exact) mass is 302 g/mol. The summed E-state index contributed by atoms with van der Waals surface area (Å²) in [6, 6.07) is 7.72. The predicted molar refractivity (Wildman–Crippen MR) is 82.7 cm³/mol. The third-order valence-electron chi connectivity index (χ3n) is 4.56. The Balaban J connectivity index is 1.58. The molecule has 5 heteroatoms. The maximum Gasteiger partial charge on any atom is 0.323 e. The smallest absolute Gasteiger partial charge is 0.323 e. The van der Waals surface area contributed by atoms with Crippen LogP contribution < -0.4 is 0 Å². The molecule has 0 radical (unpaired) electrons. The first-order chi connectivity index (χ1) is 10.7. The van der Waals surface area contributed by atoms with Gasteiger partial charge in [-0.05, 0) is 24.1 Å². The van der Waals surface area contributed by atoms with Crippen molar-refractivity contribution in [3.63, 3.8) is 0 Å². The second-order valence-corrected chi connectivity index (χ2v) is 5.85. The quantitative estimate of drug-likeness (QED) is 0.790. The van der Waals surface area contributed by atoms with Gasteiger partial charge >= 0.3 is 5.97 Å². The molecule has 0 aliphatic carbocycles. The molecule has 5 nitrogen and oxygen atoms in total. The highest BCUT2D eigenvalue weighted by atomic mass is 16.5. The fraction of sp³-hybridized carbons (Fsp3) is 0.529. The lowest BCUT2D eigenvalue weighted by atomic mass is 10.1. The van der Waals surface area contributed by atoms with E-state index in [1.54, 1.807) is 0 Å². The van der Waals surface area contributed by atoms with Gasteiger partial charge in [0.2, 0.25) is 0 Å². The number of piperazine rings is 1. The van der Waals surface area contributed by atoms with Crippen molar-refractivity contribution in [2.24, 2.45) is 0 Å². The molecule has 0 saturated carbocycles. The van der Waals surface area contributed by atoms with E-state index in [0.717, 1.165) is 31.5 Å². The summed E-state index contributed by atoms with van der Waals surface area (Å²) >= 11 is 0. The second kappa shape index (κ2) is 6.48. The second-order valence-electron chi connectivity index (χ2n) is 5.85. The normalized spacial score (nSPS) is 22.7. The number of cyclic esters (lactones) is 1. The van der Waals surface area contributed by atoms with E-state index in [1.165, 1.54) is 5.56 Å². The van der Waals surface area contributed by atoms with Gasteiger partial charge in [0.25, 0.3) is 5.91 Å². The van der Waals surface area contributed by atoms with Crippen LogP contribution in [-0.4, -0.2) is 60.5 Å². The van der Waals surface area contributed by atoms with Crippen LogP contribution in [0.3, 0.4) is 0 Å². The van der Waals surface area contributed by atoms with Gasteiger partial charge in [-0.25, -0.2) is 0 Å². The lowest BCUT2D eigenvalue weighted by molar-refractivity contribution is -0.142. The third-order valence-corrected chi connectivity index (χ3v) is 4.56. The minimum atomic E-state index is -0.116. The Kier molecular flexibility index (Phi) is 4.43. The van der Waals surface area contributed by atoms with E-state index in [0.29, 0.717) is 19.7 Å². The Morgan fingerprint density at radius 1 is 1.18 bits per heavy atom. The Labute approximate surface area is 130 Å². The number of hydrogen-bond acceptors (Lipinski definition) is 4. The summed E-state index contributed by atoms with van der Waals surface area (Å²) in [6.07, 6.45) is 1.75. The molecule has 2 aliphatic heterocycles. The van der Waals surface area contributed by atoms with Crippen LogP contribution in [0.25, 0.3) is 0 Å². The van der Waals surface area contributed by atoms with Crippen LogP contribution in [0.1, 0.15) is 29.3 Å². The van der Waals surface area contributed by atoms with E-state index in [1.807, 2.05) is 29.2 Å². The molecule has 2 heterocycles. The van der Waals surface area contributed by atoms with Crippen molar-refractivity contribution in [2.75, 3.05) is 32.8 Å². The summed E-state index contributed by atoms with van der Waals surface area (Å²) in [6.45, 7) is 5.42. The lowest BCUT2D eigenvalue weighted by Crippen LogP contribution is -2.53. The van der Waals surface area contributed by atoms with Crippen LogP contribution in [0, 0.1) is 0 Å². The van der Waals surface area contributed by atoms with Crippen LogP contribution >= 0.6 is 0 Å². The first kappa shape index (κ1) is 15.0. The van der Waals surface area contributed by atoms with Crippen molar-refractivity contribution in [3.8, 4) is 0 Å². The van der Waals surface area contributed by atoms with E-state index in [9.17, 15) is 9.59 Å². The molecule has 2 aliphatic rings. The standard InChI is InChI=1S/C17H22N2O3/c1-2-13-3-5-14(6-4-13)16(20)19-10-8-18(9-11-19)15-7-12-22-17(15)21/h3-6,15H,2,7-12H2,1H3/t15-/m0/s1. The number of benzene rings is 1. The minimum absolute atomic E-state index is 0.0799. The number of ether oxygens (including phenoxy) is 1. The van der Waals surface area contributed by atoms with Crippen molar-refractivity contribution < 1.29 is 14.3 Å². The van der Waals surface area contributed by atoms with Gasteiger partial charge < -0.3 is 9.64 Å². The average Bonchev–Trinajstić information content (AvgIpc) is 3.00. The molecule has 1 atom stereocenters. The summed E-state index contributed by atoms with van der Waals surface area (Å²) < 4.78 is 5.02. The predicted octanol–water partition coefficient (Wildman–Crippen LogP) is 1.32. The number of aryl methyl sites for hydroxylation is 1. The summed E-state index contributed by atoms with van der Waals surface area (Å²) in [5, 5.41) is 0. The van der Waals surface area contributed by atoms with Gasteiger partial charge in [-0.2, -0.15) is 0 Å². The number of rotatable bonds is 3. The zero-order chi connectivity index (χ0) is 15.5. The molecule has 0 spiro atoms. The van der Waals surface area contributed by atoms with Crippen LogP contribution in [0.15, 0.2) is 24.3 Å². The zero-order valence-electron chi connectivity index (χ0n) is 13.0. The van der Waals surface area contributed by atoms with Crippen LogP contribution in [0.4, 0.5) is 0 Å². The molecule has 1 aromatic rings. The summed E-state index contributed by atoms with van der Waals surface area (Å²) in [7, 11) is 0. The molecule has 0 bridgehead atoms. The fourth-order valence-electron chi connectivity index (χ4n) is 3.12. The maximum atomic E-state index is 12.5. The van der Waals surface area contributed by atoms with Gasteiger partial charge in [-0.1, -0.05) is 19.1 Å². The Morgan fingerprint density at radius 2 is 1.86 bits per heavy atom. The number of esters is 1. The zero-order valence-corrected chi connectivity index (χ0v) is 13.0. The first-order valence-electron chi connectivity index (χ1n) is 7.98. The number of hydrogen-bond donors (Lipinski definition) is 0. The van der Waals surface area contributed by atoms with Gasteiger partial charge in [0.1, 0.15) is 6.04 Å². The van der Waals surface area contributed by atoms with Gasteiger partial charge in [-0.15, -0.1) is 0 Å². The molecule has 0 unspecified atom stereocenters. The lowest BCUT2D eigenvalue weighted by Gasteiger charge is -2.36. The van der Waals surface area contributed by atoms with E-state index in [4.69, 9.17) is 4.74 Å². The van der Waals surface area contributed by atoms with Gasteiger partial charge in [0.15, 0.2) is 0 Å². The Bertz CT molecular complexity index is 548. The minimum Gasteiger partial charge on any atom is -0.464 e. The van der Waals surface area contributed by atoms with Crippen molar-refractivity contribution in [3.05, 3.63) is 35.4 Å². The Hall–Kier alpha value is -1.88. The topological polar surface area (TPSA) is 49.9 Å². The largest absolute Gasteiger partial charge is 0.464 e. The molecular weight excluding hydrogens is 280 g/mol. The van der Waals surface area contributed by atoms with Crippen LogP contribution in [0.2, 0.25) is 0 Å². The fourth-order valence-corrected chi connectivity index (χ4v) is 3.12. The van der Waals surface area contributed by atoms with Crippen molar-refractivity contribution in [1.29, 1.82) is 0 Å². The van der Waals surface area contributed by atoms with Gasteiger partial charge in [0, 0.05) is 38.2 Å². The van der Waals surface area contributed by atoms with Crippen molar-refractivity contribution >= 4 is 11.9 Å². The summed E-state index contributed by atoms with van der Waals surface area (Å²) in [5.41, 5.74) is 1.98. The SMILES string of the molecule is CCc1ccc(C(=O)N2CCN([C@H]3CCOC3=O)CC2)cc1. The number of carbonyl (C=O) groups is 2. The summed E-state index contributed by atoms with van der Waals surface area (Å²) in [5.74, 6) is -0.0359. The molecule has 0 aromatic heterocycles. The molecular formula is C17H22N2O3. The van der Waals surface area contributed by atoms with Gasteiger partial charge in [0.05, 0.1) is 6.61 Å². The molecule has 2 saturated heterocycles. The van der Waals surface area contributed by atoms with Crippen LogP contribution in [-0.2, 0) is 16.0 Å². The highest BCUT2D eigenvalue weighted by Gasteiger charge is 2.34. The maximum absolute atomic E-state index is 12.5. The highest BCUT2D eigenvalue weighted by molar-refractivity contribution is 5.94. The molecule has 1 aromatic carbocycles. The van der Waals surface area contributed by atoms with Crippen molar-refractivity contribution in [2.45, 2.75) is 25.8 Å². The first-order valence-corrected chi connectivity index (χ1v) is 7.98. The molecule has 22 heavy (non-hydrogen) atoms.